The van der Waals surface area contributed by atoms with Crippen molar-refractivity contribution in [2.24, 2.45) is 0 Å². The molecule has 10 nitrogen and oxygen atoms in total. The van der Waals surface area contributed by atoms with E-state index < -0.39 is 4.92 Å². The van der Waals surface area contributed by atoms with Gasteiger partial charge < -0.3 is 19.4 Å². The van der Waals surface area contributed by atoms with E-state index in [1.165, 1.54) is 6.20 Å². The van der Waals surface area contributed by atoms with E-state index in [2.05, 4.69) is 29.7 Å². The van der Waals surface area contributed by atoms with Crippen molar-refractivity contribution in [1.29, 1.82) is 0 Å². The summed E-state index contributed by atoms with van der Waals surface area (Å²) in [6.07, 6.45) is 2.96. The third-order valence-electron chi connectivity index (χ3n) is 5.17. The van der Waals surface area contributed by atoms with Crippen molar-refractivity contribution in [1.82, 2.24) is 15.0 Å². The van der Waals surface area contributed by atoms with Crippen molar-refractivity contribution in [2.45, 2.75) is 6.92 Å². The van der Waals surface area contributed by atoms with E-state index in [9.17, 15) is 10.1 Å². The molecule has 0 spiro atoms. The van der Waals surface area contributed by atoms with Gasteiger partial charge >= 0.3 is 0 Å². The Morgan fingerprint density at radius 1 is 0.893 bits per heavy atom. The number of pyridine rings is 1. The van der Waals surface area contributed by atoms with Crippen LogP contribution >= 0.6 is 0 Å². The Hall–Kier alpha value is -3.01. The molecule has 148 valence electrons. The van der Waals surface area contributed by atoms with Gasteiger partial charge in [0.2, 0.25) is 0 Å². The Balaban J connectivity index is 1.41. The minimum absolute atomic E-state index is 0.0546. The Labute approximate surface area is 162 Å². The summed E-state index contributed by atoms with van der Waals surface area (Å²) in [6.45, 7) is 8.04. The fourth-order valence-electron chi connectivity index (χ4n) is 3.54. The van der Waals surface area contributed by atoms with Crippen molar-refractivity contribution in [3.63, 3.8) is 0 Å². The van der Waals surface area contributed by atoms with Crippen LogP contribution in [-0.4, -0.2) is 72.4 Å². The van der Waals surface area contributed by atoms with E-state index in [1.54, 1.807) is 19.3 Å². The van der Waals surface area contributed by atoms with E-state index in [4.69, 9.17) is 4.74 Å². The summed E-state index contributed by atoms with van der Waals surface area (Å²) >= 11 is 0. The number of hydrogen-bond donors (Lipinski definition) is 0. The molecule has 0 radical (unpaired) electrons. The lowest BCUT2D eigenvalue weighted by atomic mass is 10.2. The summed E-state index contributed by atoms with van der Waals surface area (Å²) in [5, 5.41) is 11.0. The molecule has 0 aromatic carbocycles. The maximum Gasteiger partial charge on any atom is 0.290 e. The van der Waals surface area contributed by atoms with Gasteiger partial charge in [-0.25, -0.2) is 15.0 Å². The first-order valence-electron chi connectivity index (χ1n) is 9.37. The second kappa shape index (κ2) is 7.93. The third kappa shape index (κ3) is 3.81. The molecule has 0 saturated carbocycles. The Morgan fingerprint density at radius 2 is 1.43 bits per heavy atom. The molecule has 0 unspecified atom stereocenters. The fraction of sp³-hybridized carbons (Fsp3) is 0.500. The van der Waals surface area contributed by atoms with Crippen molar-refractivity contribution in [3.8, 4) is 0 Å². The predicted octanol–water partition coefficient (Wildman–Crippen LogP) is 1.25. The number of aromatic nitrogens is 3. The average molecular weight is 385 g/mol. The summed E-state index contributed by atoms with van der Waals surface area (Å²) in [5.41, 5.74) is 0.683. The summed E-state index contributed by atoms with van der Waals surface area (Å²) in [5.74, 6) is 2.63. The van der Waals surface area contributed by atoms with Crippen molar-refractivity contribution in [3.05, 3.63) is 40.3 Å². The molecule has 0 atom stereocenters. The van der Waals surface area contributed by atoms with E-state index in [0.717, 1.165) is 69.9 Å². The lowest BCUT2D eigenvalue weighted by Crippen LogP contribution is -2.47. The molecule has 4 rings (SSSR count). The molecule has 0 bridgehead atoms. The number of ether oxygens (including phenoxy) is 1. The third-order valence-corrected chi connectivity index (χ3v) is 5.17. The highest BCUT2D eigenvalue weighted by Gasteiger charge is 2.22. The maximum absolute atomic E-state index is 11.0. The topological polar surface area (TPSA) is 101 Å². The van der Waals surface area contributed by atoms with E-state index in [0.29, 0.717) is 5.56 Å². The van der Waals surface area contributed by atoms with Crippen LogP contribution in [0.1, 0.15) is 5.56 Å². The predicted molar refractivity (Wildman–Crippen MR) is 105 cm³/mol. The van der Waals surface area contributed by atoms with Crippen LogP contribution in [-0.2, 0) is 4.74 Å². The maximum atomic E-state index is 11.0. The number of morpholine rings is 1. The number of aryl methyl sites for hydroxylation is 1. The van der Waals surface area contributed by atoms with Crippen LogP contribution < -0.4 is 14.7 Å². The number of nitro groups is 1. The highest BCUT2D eigenvalue weighted by Crippen LogP contribution is 2.24. The molecule has 2 saturated heterocycles. The van der Waals surface area contributed by atoms with Gasteiger partial charge in [0.1, 0.15) is 30.0 Å². The number of hydrogen-bond acceptors (Lipinski definition) is 9. The Morgan fingerprint density at radius 3 is 1.96 bits per heavy atom. The molecule has 0 aliphatic carbocycles. The molecule has 2 fully saturated rings. The highest BCUT2D eigenvalue weighted by molar-refractivity contribution is 5.53. The van der Waals surface area contributed by atoms with E-state index in [-0.39, 0.29) is 5.69 Å². The van der Waals surface area contributed by atoms with Gasteiger partial charge in [-0.2, -0.15) is 0 Å². The normalized spacial score (nSPS) is 17.7. The van der Waals surface area contributed by atoms with Crippen molar-refractivity contribution in [2.75, 3.05) is 67.2 Å². The van der Waals surface area contributed by atoms with Gasteiger partial charge in [0.15, 0.2) is 0 Å². The second-order valence-electron chi connectivity index (χ2n) is 6.89. The number of rotatable bonds is 4. The van der Waals surface area contributed by atoms with Crippen LogP contribution in [0.25, 0.3) is 0 Å². The zero-order valence-electron chi connectivity index (χ0n) is 15.8. The van der Waals surface area contributed by atoms with E-state index >= 15 is 0 Å². The van der Waals surface area contributed by atoms with Gasteiger partial charge in [-0.15, -0.1) is 0 Å². The minimum atomic E-state index is -0.398. The zero-order chi connectivity index (χ0) is 19.5. The molecule has 2 aromatic heterocycles. The summed E-state index contributed by atoms with van der Waals surface area (Å²) in [7, 11) is 0. The minimum Gasteiger partial charge on any atom is -0.378 e. The van der Waals surface area contributed by atoms with Crippen LogP contribution in [0, 0.1) is 17.0 Å². The average Bonchev–Trinajstić information content (AvgIpc) is 2.74. The Kier molecular flexibility index (Phi) is 5.20. The summed E-state index contributed by atoms with van der Waals surface area (Å²) < 4.78 is 5.41. The van der Waals surface area contributed by atoms with Crippen molar-refractivity contribution < 1.29 is 9.66 Å². The Bertz CT molecular complexity index is 849. The highest BCUT2D eigenvalue weighted by atomic mass is 16.6. The summed E-state index contributed by atoms with van der Waals surface area (Å²) in [4.78, 5) is 30.3. The quantitative estimate of drug-likeness (QED) is 0.568. The standard InChI is InChI=1S/C18H23N7O3/c1-14-10-16(19-12-15(14)25(26)27)22-2-4-23(5-3-22)17-11-18(21-13-20-17)24-6-8-28-9-7-24/h10-13H,2-9H2,1H3. The number of anilines is 3. The molecule has 2 aliphatic rings. The van der Waals surface area contributed by atoms with Crippen LogP contribution in [0.2, 0.25) is 0 Å². The first kappa shape index (κ1) is 18.4. The molecule has 2 aliphatic heterocycles. The van der Waals surface area contributed by atoms with Gasteiger partial charge in [0.05, 0.1) is 18.1 Å². The molecular formula is C18H23N7O3. The lowest BCUT2D eigenvalue weighted by molar-refractivity contribution is -0.385. The lowest BCUT2D eigenvalue weighted by Gasteiger charge is -2.36. The number of piperazine rings is 1. The van der Waals surface area contributed by atoms with Gasteiger partial charge in [-0.3, -0.25) is 10.1 Å². The SMILES string of the molecule is Cc1cc(N2CCN(c3cc(N4CCOCC4)ncn3)CC2)ncc1[N+](=O)[O-]. The molecule has 0 amide bonds. The van der Waals surface area contributed by atoms with E-state index in [1.807, 2.05) is 6.07 Å². The largest absolute Gasteiger partial charge is 0.378 e. The summed E-state index contributed by atoms with van der Waals surface area (Å²) in [6, 6.07) is 3.82. The smallest absolute Gasteiger partial charge is 0.290 e. The van der Waals surface area contributed by atoms with Crippen LogP contribution in [0.4, 0.5) is 23.1 Å². The van der Waals surface area contributed by atoms with Gasteiger partial charge in [-0.1, -0.05) is 0 Å². The second-order valence-corrected chi connectivity index (χ2v) is 6.89. The first-order valence-corrected chi connectivity index (χ1v) is 9.37. The molecular weight excluding hydrogens is 362 g/mol. The van der Waals surface area contributed by atoms with Crippen LogP contribution in [0.5, 0.6) is 0 Å². The molecule has 0 N–H and O–H groups in total. The number of nitrogens with zero attached hydrogens (tertiary/aromatic N) is 7. The molecule has 28 heavy (non-hydrogen) atoms. The van der Waals surface area contributed by atoms with Crippen LogP contribution in [0.15, 0.2) is 24.7 Å². The first-order chi connectivity index (χ1) is 13.6. The van der Waals surface area contributed by atoms with Gasteiger partial charge in [0, 0.05) is 50.9 Å². The van der Waals surface area contributed by atoms with Gasteiger partial charge in [-0.05, 0) is 13.0 Å². The molecule has 10 heteroatoms. The molecule has 4 heterocycles. The van der Waals surface area contributed by atoms with Gasteiger partial charge in [0.25, 0.3) is 5.69 Å². The van der Waals surface area contributed by atoms with Crippen molar-refractivity contribution >= 4 is 23.1 Å². The fourth-order valence-corrected chi connectivity index (χ4v) is 3.54. The monoisotopic (exact) mass is 385 g/mol. The molecule has 2 aromatic rings. The van der Waals surface area contributed by atoms with Crippen LogP contribution in [0.3, 0.4) is 0 Å². The zero-order valence-corrected chi connectivity index (χ0v) is 15.8.